The van der Waals surface area contributed by atoms with Crippen LogP contribution in [0, 0.1) is 0 Å². The number of ether oxygens (including phenoxy) is 1. The van der Waals surface area contributed by atoms with Gasteiger partial charge in [-0.1, -0.05) is 0 Å². The molecule has 0 saturated carbocycles. The Morgan fingerprint density at radius 2 is 2.21 bits per heavy atom. The molecule has 6 nitrogen and oxygen atoms in total. The number of nitrogens with two attached hydrogens (primary N) is 1. The average molecular weight is 262 g/mol. The summed E-state index contributed by atoms with van der Waals surface area (Å²) in [5.41, 5.74) is 6.82. The molecular formula is C13H18N4O2. The second kappa shape index (κ2) is 4.89. The lowest BCUT2D eigenvalue weighted by atomic mass is 10.2. The van der Waals surface area contributed by atoms with E-state index in [1.165, 1.54) is 0 Å². The van der Waals surface area contributed by atoms with Crippen molar-refractivity contribution in [2.75, 3.05) is 5.32 Å². The third-order valence-electron chi connectivity index (χ3n) is 2.41. The number of fused-ring (bicyclic) bond motifs is 1. The van der Waals surface area contributed by atoms with Crippen molar-refractivity contribution in [3.63, 3.8) is 0 Å². The summed E-state index contributed by atoms with van der Waals surface area (Å²) in [6.45, 7) is 5.86. The van der Waals surface area contributed by atoms with Crippen molar-refractivity contribution in [1.29, 1.82) is 0 Å². The number of aromatic amines is 1. The third-order valence-corrected chi connectivity index (χ3v) is 2.41. The van der Waals surface area contributed by atoms with E-state index in [9.17, 15) is 4.79 Å². The van der Waals surface area contributed by atoms with E-state index in [0.717, 1.165) is 16.6 Å². The van der Waals surface area contributed by atoms with Crippen LogP contribution in [0.4, 0.5) is 10.6 Å². The van der Waals surface area contributed by atoms with Crippen molar-refractivity contribution in [3.8, 4) is 0 Å². The normalized spacial score (nSPS) is 11.6. The van der Waals surface area contributed by atoms with Crippen molar-refractivity contribution in [3.05, 3.63) is 24.0 Å². The first-order valence-corrected chi connectivity index (χ1v) is 6.05. The molecular weight excluding hydrogens is 244 g/mol. The van der Waals surface area contributed by atoms with Crippen LogP contribution in [0.2, 0.25) is 0 Å². The van der Waals surface area contributed by atoms with Crippen molar-refractivity contribution < 1.29 is 9.53 Å². The van der Waals surface area contributed by atoms with Crippen LogP contribution >= 0.6 is 0 Å². The van der Waals surface area contributed by atoms with E-state index in [-0.39, 0.29) is 0 Å². The summed E-state index contributed by atoms with van der Waals surface area (Å²) >= 11 is 0. The number of hydrogen-bond acceptors (Lipinski definition) is 4. The van der Waals surface area contributed by atoms with Crippen LogP contribution in [0.25, 0.3) is 10.9 Å². The molecule has 0 atom stereocenters. The summed E-state index contributed by atoms with van der Waals surface area (Å²) < 4.78 is 5.16. The number of rotatable bonds is 2. The number of nitrogens with one attached hydrogen (secondary N) is 2. The topological polar surface area (TPSA) is 93.0 Å². The number of hydrogen-bond donors (Lipinski definition) is 3. The number of pyridine rings is 1. The van der Waals surface area contributed by atoms with Gasteiger partial charge in [0.2, 0.25) is 0 Å². The van der Waals surface area contributed by atoms with E-state index in [0.29, 0.717) is 12.4 Å². The molecule has 0 aliphatic rings. The van der Waals surface area contributed by atoms with Crippen LogP contribution in [0.3, 0.4) is 0 Å². The minimum atomic E-state index is -0.534. The molecule has 0 radical (unpaired) electrons. The lowest BCUT2D eigenvalue weighted by Gasteiger charge is -2.19. The molecule has 0 aromatic carbocycles. The van der Waals surface area contributed by atoms with Crippen molar-refractivity contribution in [1.82, 2.24) is 9.97 Å². The molecule has 1 amide bonds. The zero-order chi connectivity index (χ0) is 14.0. The van der Waals surface area contributed by atoms with Gasteiger partial charge < -0.3 is 15.5 Å². The molecule has 4 N–H and O–H groups in total. The Morgan fingerprint density at radius 1 is 1.47 bits per heavy atom. The quantitative estimate of drug-likeness (QED) is 0.774. The van der Waals surface area contributed by atoms with Gasteiger partial charge in [0, 0.05) is 29.9 Å². The third kappa shape index (κ3) is 3.45. The molecule has 2 heterocycles. The van der Waals surface area contributed by atoms with E-state index in [1.54, 1.807) is 12.3 Å². The number of aromatic nitrogens is 2. The Balaban J connectivity index is 2.15. The standard InChI is InChI=1S/C13H18N4O2/c1-13(2,3)19-12(18)17-11-5-10-8(7-15-11)4-9(6-14)16-10/h4-5,7,16H,6,14H2,1-3H3,(H,15,17,18). The first kappa shape index (κ1) is 13.4. The molecule has 0 aliphatic heterocycles. The molecule has 0 unspecified atom stereocenters. The molecule has 0 spiro atoms. The highest BCUT2D eigenvalue weighted by molar-refractivity contribution is 5.88. The number of nitrogens with zero attached hydrogens (tertiary/aromatic N) is 1. The summed E-state index contributed by atoms with van der Waals surface area (Å²) in [6, 6.07) is 3.68. The molecule has 0 bridgehead atoms. The van der Waals surface area contributed by atoms with Crippen molar-refractivity contribution in [2.24, 2.45) is 5.73 Å². The summed E-state index contributed by atoms with van der Waals surface area (Å²) in [4.78, 5) is 18.9. The first-order valence-electron chi connectivity index (χ1n) is 6.05. The molecule has 2 aromatic rings. The maximum Gasteiger partial charge on any atom is 0.413 e. The largest absolute Gasteiger partial charge is 0.444 e. The lowest BCUT2D eigenvalue weighted by Crippen LogP contribution is -2.27. The van der Waals surface area contributed by atoms with Gasteiger partial charge in [-0.25, -0.2) is 9.78 Å². The monoisotopic (exact) mass is 262 g/mol. The molecule has 6 heteroatoms. The van der Waals surface area contributed by atoms with Gasteiger partial charge >= 0.3 is 6.09 Å². The lowest BCUT2D eigenvalue weighted by molar-refractivity contribution is 0.0635. The SMILES string of the molecule is CC(C)(C)OC(=O)Nc1cc2[nH]c(CN)cc2cn1. The summed E-state index contributed by atoms with van der Waals surface area (Å²) in [7, 11) is 0. The van der Waals surface area contributed by atoms with Crippen molar-refractivity contribution in [2.45, 2.75) is 32.9 Å². The van der Waals surface area contributed by atoms with Crippen LogP contribution in [0.5, 0.6) is 0 Å². The van der Waals surface area contributed by atoms with E-state index in [2.05, 4.69) is 15.3 Å². The zero-order valence-corrected chi connectivity index (χ0v) is 11.3. The minimum absolute atomic E-state index is 0.434. The maximum absolute atomic E-state index is 11.6. The Hall–Kier alpha value is -2.08. The smallest absolute Gasteiger partial charge is 0.413 e. The number of H-pyrrole nitrogens is 1. The van der Waals surface area contributed by atoms with E-state index >= 15 is 0 Å². The maximum atomic E-state index is 11.6. The van der Waals surface area contributed by atoms with Crippen LogP contribution in [0.15, 0.2) is 18.3 Å². The van der Waals surface area contributed by atoms with E-state index in [1.807, 2.05) is 26.8 Å². The minimum Gasteiger partial charge on any atom is -0.444 e. The van der Waals surface area contributed by atoms with Gasteiger partial charge in [-0.2, -0.15) is 0 Å². The molecule has 19 heavy (non-hydrogen) atoms. The van der Waals surface area contributed by atoms with Gasteiger partial charge in [-0.3, -0.25) is 5.32 Å². The van der Waals surface area contributed by atoms with E-state index in [4.69, 9.17) is 10.5 Å². The van der Waals surface area contributed by atoms with Crippen LogP contribution in [-0.4, -0.2) is 21.7 Å². The van der Waals surface area contributed by atoms with Gasteiger partial charge in [0.15, 0.2) is 0 Å². The number of anilines is 1. The molecule has 0 aliphatic carbocycles. The molecule has 0 saturated heterocycles. The van der Waals surface area contributed by atoms with Gasteiger partial charge in [0.1, 0.15) is 11.4 Å². The summed E-state index contributed by atoms with van der Waals surface area (Å²) in [6.07, 6.45) is 1.16. The highest BCUT2D eigenvalue weighted by atomic mass is 16.6. The van der Waals surface area contributed by atoms with Crippen molar-refractivity contribution >= 4 is 22.8 Å². The Kier molecular flexibility index (Phi) is 3.44. The Bertz CT molecular complexity index is 598. The highest BCUT2D eigenvalue weighted by Crippen LogP contribution is 2.18. The second-order valence-electron chi connectivity index (χ2n) is 5.28. The second-order valence-corrected chi connectivity index (χ2v) is 5.28. The fourth-order valence-corrected chi connectivity index (χ4v) is 1.67. The Labute approximate surface area is 111 Å². The predicted molar refractivity (Wildman–Crippen MR) is 73.8 cm³/mol. The molecule has 2 aromatic heterocycles. The Morgan fingerprint density at radius 3 is 2.84 bits per heavy atom. The fourth-order valence-electron chi connectivity index (χ4n) is 1.67. The van der Waals surface area contributed by atoms with Crippen LogP contribution in [0.1, 0.15) is 26.5 Å². The molecule has 102 valence electrons. The molecule has 0 fully saturated rings. The summed E-state index contributed by atoms with van der Waals surface area (Å²) in [5.74, 6) is 0.437. The van der Waals surface area contributed by atoms with Gasteiger partial charge in [-0.05, 0) is 26.8 Å². The molecule has 2 rings (SSSR count). The summed E-state index contributed by atoms with van der Waals surface area (Å²) in [5, 5.41) is 3.55. The first-order chi connectivity index (χ1) is 8.87. The van der Waals surface area contributed by atoms with Crippen LogP contribution in [-0.2, 0) is 11.3 Å². The predicted octanol–water partition coefficient (Wildman–Crippen LogP) is 2.37. The van der Waals surface area contributed by atoms with Gasteiger partial charge in [0.25, 0.3) is 0 Å². The van der Waals surface area contributed by atoms with E-state index < -0.39 is 11.7 Å². The zero-order valence-electron chi connectivity index (χ0n) is 11.3. The highest BCUT2D eigenvalue weighted by Gasteiger charge is 2.16. The fraction of sp³-hybridized carbons (Fsp3) is 0.385. The number of carbonyl (C=O) groups excluding carboxylic acids is 1. The van der Waals surface area contributed by atoms with Gasteiger partial charge in [-0.15, -0.1) is 0 Å². The number of carbonyl (C=O) groups is 1. The van der Waals surface area contributed by atoms with Crippen LogP contribution < -0.4 is 11.1 Å². The number of amides is 1. The van der Waals surface area contributed by atoms with Gasteiger partial charge in [0.05, 0.1) is 5.52 Å². The average Bonchev–Trinajstić information content (AvgIpc) is 2.68.